The second-order valence-electron chi connectivity index (χ2n) is 4.93. The van der Waals surface area contributed by atoms with Crippen LogP contribution in [-0.4, -0.2) is 22.7 Å². The monoisotopic (exact) mass is 312 g/mol. The third-order valence-electron chi connectivity index (χ3n) is 2.06. The zero-order valence-electron chi connectivity index (χ0n) is 10.7. The van der Waals surface area contributed by atoms with Crippen LogP contribution in [0.4, 0.5) is 5.69 Å². The number of carbonyl (C=O) groups is 2. The molecule has 5 heteroatoms. The summed E-state index contributed by atoms with van der Waals surface area (Å²) in [6, 6.07) is 6.93. The van der Waals surface area contributed by atoms with Crippen molar-refractivity contribution in [2.75, 3.05) is 10.6 Å². The summed E-state index contributed by atoms with van der Waals surface area (Å²) in [6.45, 7) is 5.72. The Hall–Kier alpha value is -1.36. The first-order valence-electron chi connectivity index (χ1n) is 5.61. The topological polar surface area (TPSA) is 58.2 Å². The molecule has 4 nitrogen and oxygen atoms in total. The Bertz CT molecular complexity index is 453. The molecular formula is C13H17BrN2O2. The van der Waals surface area contributed by atoms with E-state index in [0.717, 1.165) is 0 Å². The molecule has 98 valence electrons. The first-order chi connectivity index (χ1) is 8.33. The molecule has 0 heterocycles. The third-order valence-corrected chi connectivity index (χ3v) is 2.56. The van der Waals surface area contributed by atoms with Crippen LogP contribution in [0.5, 0.6) is 0 Å². The number of amides is 2. The van der Waals surface area contributed by atoms with Gasteiger partial charge in [-0.3, -0.25) is 9.59 Å². The largest absolute Gasteiger partial charge is 0.347 e. The van der Waals surface area contributed by atoms with Gasteiger partial charge in [-0.15, -0.1) is 0 Å². The van der Waals surface area contributed by atoms with E-state index in [1.807, 2.05) is 20.8 Å². The summed E-state index contributed by atoms with van der Waals surface area (Å²) in [5.74, 6) is -0.390. The first-order valence-corrected chi connectivity index (χ1v) is 6.73. The van der Waals surface area contributed by atoms with E-state index < -0.39 is 0 Å². The zero-order valence-corrected chi connectivity index (χ0v) is 12.3. The quantitative estimate of drug-likeness (QED) is 0.843. The molecule has 0 atom stereocenters. The van der Waals surface area contributed by atoms with Crippen molar-refractivity contribution in [2.45, 2.75) is 26.3 Å². The van der Waals surface area contributed by atoms with Gasteiger partial charge in [0, 0.05) is 5.54 Å². The Balaban J connectivity index is 2.94. The van der Waals surface area contributed by atoms with Crippen LogP contribution in [0.25, 0.3) is 0 Å². The summed E-state index contributed by atoms with van der Waals surface area (Å²) in [4.78, 5) is 23.4. The number of alkyl halides is 1. The van der Waals surface area contributed by atoms with Gasteiger partial charge in [-0.1, -0.05) is 28.1 Å². The fourth-order valence-corrected chi connectivity index (χ4v) is 1.52. The lowest BCUT2D eigenvalue weighted by atomic mass is 10.1. The molecule has 0 spiro atoms. The van der Waals surface area contributed by atoms with Crippen LogP contribution >= 0.6 is 15.9 Å². The minimum Gasteiger partial charge on any atom is -0.347 e. The van der Waals surface area contributed by atoms with Crippen molar-refractivity contribution < 1.29 is 9.59 Å². The number of nitrogens with one attached hydrogen (secondary N) is 2. The highest BCUT2D eigenvalue weighted by Crippen LogP contribution is 2.16. The Labute approximate surface area is 115 Å². The van der Waals surface area contributed by atoms with Gasteiger partial charge in [-0.2, -0.15) is 0 Å². The van der Waals surface area contributed by atoms with E-state index in [9.17, 15) is 9.59 Å². The number of hydrogen-bond donors (Lipinski definition) is 2. The maximum absolute atomic E-state index is 12.1. The number of halogens is 1. The van der Waals surface area contributed by atoms with E-state index in [1.54, 1.807) is 24.3 Å². The van der Waals surface area contributed by atoms with Gasteiger partial charge in [-0.05, 0) is 32.9 Å². The minimum absolute atomic E-state index is 0.189. The molecule has 0 unspecified atom stereocenters. The van der Waals surface area contributed by atoms with Crippen molar-refractivity contribution in [3.63, 3.8) is 0 Å². The summed E-state index contributed by atoms with van der Waals surface area (Å²) in [6.07, 6.45) is 0. The Morgan fingerprint density at radius 3 is 2.39 bits per heavy atom. The summed E-state index contributed by atoms with van der Waals surface area (Å²) < 4.78 is 0. The van der Waals surface area contributed by atoms with E-state index >= 15 is 0 Å². The number of anilines is 1. The van der Waals surface area contributed by atoms with E-state index in [-0.39, 0.29) is 22.7 Å². The van der Waals surface area contributed by atoms with Gasteiger partial charge < -0.3 is 10.6 Å². The zero-order chi connectivity index (χ0) is 13.8. The molecule has 0 saturated carbocycles. The van der Waals surface area contributed by atoms with Crippen LogP contribution < -0.4 is 10.6 Å². The molecular weight excluding hydrogens is 296 g/mol. The highest BCUT2D eigenvalue weighted by Gasteiger charge is 2.18. The van der Waals surface area contributed by atoms with Gasteiger partial charge in [0.1, 0.15) is 0 Å². The van der Waals surface area contributed by atoms with Crippen LogP contribution in [0.3, 0.4) is 0 Å². The average molecular weight is 313 g/mol. The molecule has 2 amide bonds. The second kappa shape index (κ2) is 6.00. The van der Waals surface area contributed by atoms with Crippen LogP contribution in [0.15, 0.2) is 24.3 Å². The van der Waals surface area contributed by atoms with Gasteiger partial charge in [0.05, 0.1) is 16.6 Å². The highest BCUT2D eigenvalue weighted by molar-refractivity contribution is 9.09. The highest BCUT2D eigenvalue weighted by atomic mass is 79.9. The molecule has 0 aliphatic carbocycles. The fourth-order valence-electron chi connectivity index (χ4n) is 1.38. The molecule has 0 radical (unpaired) electrons. The van der Waals surface area contributed by atoms with Crippen molar-refractivity contribution in [1.82, 2.24) is 5.32 Å². The van der Waals surface area contributed by atoms with Crippen molar-refractivity contribution in [1.29, 1.82) is 0 Å². The lowest BCUT2D eigenvalue weighted by Crippen LogP contribution is -2.40. The Morgan fingerprint density at radius 1 is 1.22 bits per heavy atom. The summed E-state index contributed by atoms with van der Waals surface area (Å²) >= 11 is 3.07. The predicted octanol–water partition coefficient (Wildman–Crippen LogP) is 2.55. The molecule has 18 heavy (non-hydrogen) atoms. The first kappa shape index (κ1) is 14.7. The van der Waals surface area contributed by atoms with Gasteiger partial charge >= 0.3 is 0 Å². The number of rotatable bonds is 3. The second-order valence-corrected chi connectivity index (χ2v) is 5.49. The molecule has 1 aromatic rings. The van der Waals surface area contributed by atoms with Gasteiger partial charge in [-0.25, -0.2) is 0 Å². The van der Waals surface area contributed by atoms with Crippen molar-refractivity contribution in [2.24, 2.45) is 0 Å². The fraction of sp³-hybridized carbons (Fsp3) is 0.385. The SMILES string of the molecule is CC(C)(C)NC(=O)c1ccccc1NC(=O)CBr. The Kier molecular flexibility index (Phi) is 4.90. The maximum atomic E-state index is 12.1. The lowest BCUT2D eigenvalue weighted by molar-refractivity contribution is -0.113. The summed E-state index contributed by atoms with van der Waals surface area (Å²) in [5.41, 5.74) is 0.661. The summed E-state index contributed by atoms with van der Waals surface area (Å²) in [7, 11) is 0. The van der Waals surface area contributed by atoms with E-state index in [1.165, 1.54) is 0 Å². The minimum atomic E-state index is -0.316. The number of carbonyl (C=O) groups excluding carboxylic acids is 2. The molecule has 2 N–H and O–H groups in total. The van der Waals surface area contributed by atoms with E-state index in [4.69, 9.17) is 0 Å². The number of hydrogen-bond acceptors (Lipinski definition) is 2. The average Bonchev–Trinajstić information content (AvgIpc) is 2.27. The van der Waals surface area contributed by atoms with Gasteiger partial charge in [0.2, 0.25) is 5.91 Å². The maximum Gasteiger partial charge on any atom is 0.253 e. The number of para-hydroxylation sites is 1. The molecule has 0 aliphatic heterocycles. The smallest absolute Gasteiger partial charge is 0.253 e. The van der Waals surface area contributed by atoms with E-state index in [2.05, 4.69) is 26.6 Å². The van der Waals surface area contributed by atoms with Crippen molar-refractivity contribution in [3.05, 3.63) is 29.8 Å². The molecule has 1 rings (SSSR count). The van der Waals surface area contributed by atoms with Crippen LogP contribution in [0.1, 0.15) is 31.1 Å². The van der Waals surface area contributed by atoms with E-state index in [0.29, 0.717) is 11.3 Å². The van der Waals surface area contributed by atoms with Crippen molar-refractivity contribution in [3.8, 4) is 0 Å². The van der Waals surface area contributed by atoms with Gasteiger partial charge in [0.25, 0.3) is 5.91 Å². The van der Waals surface area contributed by atoms with Crippen LogP contribution in [-0.2, 0) is 4.79 Å². The molecule has 0 bridgehead atoms. The molecule has 0 aliphatic rings. The van der Waals surface area contributed by atoms with Crippen molar-refractivity contribution >= 4 is 33.4 Å². The predicted molar refractivity (Wildman–Crippen MR) is 76.1 cm³/mol. The standard InChI is InChI=1S/C13H17BrN2O2/c1-13(2,3)16-12(18)9-6-4-5-7-10(9)15-11(17)8-14/h4-7H,8H2,1-3H3,(H,15,17)(H,16,18). The number of benzene rings is 1. The normalized spacial score (nSPS) is 10.9. The van der Waals surface area contributed by atoms with Crippen LogP contribution in [0, 0.1) is 0 Å². The van der Waals surface area contributed by atoms with Gasteiger partial charge in [0.15, 0.2) is 0 Å². The molecule has 0 fully saturated rings. The summed E-state index contributed by atoms with van der Waals surface area (Å²) in [5, 5.41) is 5.74. The lowest BCUT2D eigenvalue weighted by Gasteiger charge is -2.21. The molecule has 1 aromatic carbocycles. The third kappa shape index (κ3) is 4.49. The molecule has 0 saturated heterocycles. The Morgan fingerprint density at radius 2 is 1.83 bits per heavy atom. The van der Waals surface area contributed by atoms with Crippen LogP contribution in [0.2, 0.25) is 0 Å². The molecule has 0 aromatic heterocycles.